The van der Waals surface area contributed by atoms with Crippen molar-refractivity contribution in [2.75, 3.05) is 26.8 Å². The molecule has 0 bridgehead atoms. The number of aliphatic imine (C=N–C) groups is 1. The van der Waals surface area contributed by atoms with Crippen LogP contribution in [0.15, 0.2) is 46.8 Å². The van der Waals surface area contributed by atoms with Crippen LogP contribution >= 0.6 is 11.3 Å². The molecule has 2 aromatic rings. The van der Waals surface area contributed by atoms with E-state index in [0.29, 0.717) is 19.1 Å². The van der Waals surface area contributed by atoms with E-state index in [0.717, 1.165) is 30.9 Å². The topological polar surface area (TPSA) is 68.9 Å². The van der Waals surface area contributed by atoms with E-state index in [9.17, 15) is 0 Å². The Morgan fingerprint density at radius 1 is 1.22 bits per heavy atom. The fourth-order valence-corrected chi connectivity index (χ4v) is 2.66. The van der Waals surface area contributed by atoms with Crippen LogP contribution in [0.3, 0.4) is 0 Å². The van der Waals surface area contributed by atoms with Crippen LogP contribution in [0.5, 0.6) is 11.5 Å². The number of ether oxygens (including phenoxy) is 2. The summed E-state index contributed by atoms with van der Waals surface area (Å²) < 4.78 is 10.7. The van der Waals surface area contributed by atoms with Crippen LogP contribution in [0, 0.1) is 0 Å². The van der Waals surface area contributed by atoms with Crippen molar-refractivity contribution < 1.29 is 9.47 Å². The summed E-state index contributed by atoms with van der Waals surface area (Å²) in [6.07, 6.45) is 1.79. The van der Waals surface area contributed by atoms with E-state index >= 15 is 0 Å². The molecule has 0 fully saturated rings. The molecule has 124 valence electrons. The molecular weight excluding hydrogens is 310 g/mol. The molecular formula is C17H23N3O2S. The molecule has 0 spiro atoms. The van der Waals surface area contributed by atoms with Gasteiger partial charge in [0.1, 0.15) is 11.5 Å². The number of hydrogen-bond donors (Lipinski definition) is 2. The van der Waals surface area contributed by atoms with Gasteiger partial charge in [0.2, 0.25) is 0 Å². The van der Waals surface area contributed by atoms with Gasteiger partial charge in [-0.05, 0) is 42.1 Å². The monoisotopic (exact) mass is 333 g/mol. The Morgan fingerprint density at radius 3 is 2.70 bits per heavy atom. The van der Waals surface area contributed by atoms with Crippen LogP contribution in [-0.2, 0) is 6.42 Å². The second kappa shape index (κ2) is 9.74. The highest BCUT2D eigenvalue weighted by Gasteiger charge is 1.97. The van der Waals surface area contributed by atoms with Gasteiger partial charge in [-0.25, -0.2) is 0 Å². The average molecular weight is 333 g/mol. The highest BCUT2D eigenvalue weighted by atomic mass is 32.1. The predicted molar refractivity (Wildman–Crippen MR) is 95.6 cm³/mol. The van der Waals surface area contributed by atoms with Gasteiger partial charge in [0.25, 0.3) is 0 Å². The van der Waals surface area contributed by atoms with Gasteiger partial charge in [0.05, 0.1) is 13.7 Å². The zero-order valence-corrected chi connectivity index (χ0v) is 14.1. The minimum atomic E-state index is 0.492. The minimum Gasteiger partial charge on any atom is -0.497 e. The van der Waals surface area contributed by atoms with Crippen LogP contribution in [0.2, 0.25) is 0 Å². The van der Waals surface area contributed by atoms with Crippen LogP contribution in [0.1, 0.15) is 11.3 Å². The van der Waals surface area contributed by atoms with E-state index in [1.54, 1.807) is 18.4 Å². The quantitative estimate of drug-likeness (QED) is 0.420. The first-order valence-electron chi connectivity index (χ1n) is 7.61. The molecule has 0 aliphatic carbocycles. The molecule has 1 aromatic carbocycles. The Balaban J connectivity index is 1.56. The highest BCUT2D eigenvalue weighted by Crippen LogP contribution is 2.16. The third-order valence-electron chi connectivity index (χ3n) is 3.17. The molecule has 0 aliphatic heterocycles. The van der Waals surface area contributed by atoms with Crippen molar-refractivity contribution >= 4 is 17.3 Å². The van der Waals surface area contributed by atoms with Crippen LogP contribution < -0.4 is 20.5 Å². The number of rotatable bonds is 9. The molecule has 0 atom stereocenters. The van der Waals surface area contributed by atoms with E-state index in [1.807, 2.05) is 24.3 Å². The lowest BCUT2D eigenvalue weighted by molar-refractivity contribution is 0.312. The Kier molecular flexibility index (Phi) is 7.26. The van der Waals surface area contributed by atoms with E-state index in [2.05, 4.69) is 27.8 Å². The van der Waals surface area contributed by atoms with E-state index in [1.165, 1.54) is 4.88 Å². The summed E-state index contributed by atoms with van der Waals surface area (Å²) in [5, 5.41) is 5.20. The van der Waals surface area contributed by atoms with Crippen LogP contribution in [0.4, 0.5) is 0 Å². The van der Waals surface area contributed by atoms with E-state index < -0.39 is 0 Å². The number of benzene rings is 1. The van der Waals surface area contributed by atoms with Gasteiger partial charge in [0, 0.05) is 24.4 Å². The molecule has 0 saturated carbocycles. The largest absolute Gasteiger partial charge is 0.497 e. The molecule has 0 saturated heterocycles. The lowest BCUT2D eigenvalue weighted by Gasteiger charge is -2.07. The van der Waals surface area contributed by atoms with E-state index in [4.69, 9.17) is 15.2 Å². The zero-order chi connectivity index (χ0) is 16.3. The van der Waals surface area contributed by atoms with Gasteiger partial charge >= 0.3 is 0 Å². The number of nitrogens with zero attached hydrogens (tertiary/aromatic N) is 1. The average Bonchev–Trinajstić information content (AvgIpc) is 3.08. The third kappa shape index (κ3) is 6.61. The number of guanidine groups is 1. The number of hydrogen-bond acceptors (Lipinski definition) is 4. The maximum atomic E-state index is 5.83. The Bertz CT molecular complexity index is 582. The van der Waals surface area contributed by atoms with Crippen molar-refractivity contribution in [3.05, 3.63) is 46.7 Å². The first-order chi connectivity index (χ1) is 11.3. The van der Waals surface area contributed by atoms with Crippen molar-refractivity contribution in [1.29, 1.82) is 0 Å². The summed E-state index contributed by atoms with van der Waals surface area (Å²) >= 11 is 1.75. The fraction of sp³-hybridized carbons (Fsp3) is 0.353. The predicted octanol–water partition coefficient (Wildman–Crippen LogP) is 2.67. The molecule has 0 amide bonds. The molecule has 0 radical (unpaired) electrons. The Labute approximate surface area is 141 Å². The normalized spacial score (nSPS) is 11.3. The van der Waals surface area contributed by atoms with Crippen molar-refractivity contribution in [2.45, 2.75) is 12.8 Å². The SMILES string of the molecule is COc1ccc(OCCCN=C(N)NCCc2cccs2)cc1. The van der Waals surface area contributed by atoms with Gasteiger partial charge in [-0.15, -0.1) is 11.3 Å². The van der Waals surface area contributed by atoms with Gasteiger partial charge in [-0.3, -0.25) is 4.99 Å². The second-order valence-corrected chi connectivity index (χ2v) is 5.93. The summed E-state index contributed by atoms with van der Waals surface area (Å²) in [7, 11) is 1.65. The summed E-state index contributed by atoms with van der Waals surface area (Å²) in [5.74, 6) is 2.14. The molecule has 3 N–H and O–H groups in total. The van der Waals surface area contributed by atoms with Gasteiger partial charge in [-0.2, -0.15) is 0 Å². The molecule has 1 heterocycles. The Morgan fingerprint density at radius 2 is 2.00 bits per heavy atom. The molecule has 0 unspecified atom stereocenters. The third-order valence-corrected chi connectivity index (χ3v) is 4.11. The maximum absolute atomic E-state index is 5.83. The van der Waals surface area contributed by atoms with Crippen molar-refractivity contribution in [1.82, 2.24) is 5.32 Å². The second-order valence-electron chi connectivity index (χ2n) is 4.90. The summed E-state index contributed by atoms with van der Waals surface area (Å²) in [6.45, 7) is 2.06. The summed E-state index contributed by atoms with van der Waals surface area (Å²) in [5.41, 5.74) is 5.83. The number of nitrogens with two attached hydrogens (primary N) is 1. The minimum absolute atomic E-state index is 0.492. The summed E-state index contributed by atoms with van der Waals surface area (Å²) in [4.78, 5) is 5.63. The molecule has 2 rings (SSSR count). The molecule has 23 heavy (non-hydrogen) atoms. The number of nitrogens with one attached hydrogen (secondary N) is 1. The molecule has 1 aromatic heterocycles. The molecule has 0 aliphatic rings. The van der Waals surface area contributed by atoms with Gasteiger partial charge < -0.3 is 20.5 Å². The smallest absolute Gasteiger partial charge is 0.188 e. The highest BCUT2D eigenvalue weighted by molar-refractivity contribution is 7.09. The lowest BCUT2D eigenvalue weighted by atomic mass is 10.3. The van der Waals surface area contributed by atoms with Crippen molar-refractivity contribution in [3.8, 4) is 11.5 Å². The van der Waals surface area contributed by atoms with Crippen molar-refractivity contribution in [2.24, 2.45) is 10.7 Å². The maximum Gasteiger partial charge on any atom is 0.188 e. The standard InChI is InChI=1S/C17H23N3O2S/c1-21-14-5-7-15(8-6-14)22-12-3-10-19-17(18)20-11-9-16-4-2-13-23-16/h2,4-8,13H,3,9-12H2,1H3,(H3,18,19,20). The first-order valence-corrected chi connectivity index (χ1v) is 8.49. The first kappa shape index (κ1) is 17.1. The van der Waals surface area contributed by atoms with Gasteiger partial charge in [0.15, 0.2) is 5.96 Å². The van der Waals surface area contributed by atoms with Crippen LogP contribution in [-0.4, -0.2) is 32.8 Å². The van der Waals surface area contributed by atoms with E-state index in [-0.39, 0.29) is 0 Å². The fourth-order valence-electron chi connectivity index (χ4n) is 1.95. The zero-order valence-electron chi connectivity index (χ0n) is 13.3. The molecule has 5 nitrogen and oxygen atoms in total. The molecule has 6 heteroatoms. The van der Waals surface area contributed by atoms with Crippen molar-refractivity contribution in [3.63, 3.8) is 0 Å². The summed E-state index contributed by atoms with van der Waals surface area (Å²) in [6, 6.07) is 11.7. The lowest BCUT2D eigenvalue weighted by Crippen LogP contribution is -2.33. The van der Waals surface area contributed by atoms with Gasteiger partial charge in [-0.1, -0.05) is 6.07 Å². The number of methoxy groups -OCH3 is 1. The van der Waals surface area contributed by atoms with Crippen LogP contribution in [0.25, 0.3) is 0 Å². The number of thiophene rings is 1. The Hall–Kier alpha value is -2.21.